The minimum atomic E-state index is -0.187. The fraction of sp³-hybridized carbons (Fsp3) is 0.400. The monoisotopic (exact) mass is 399 g/mol. The second kappa shape index (κ2) is 7.14. The van der Waals surface area contributed by atoms with Crippen LogP contribution in [-0.2, 0) is 24.9 Å². The molecule has 0 unspecified atom stereocenters. The molecule has 0 atom stereocenters. The molecule has 0 saturated carbocycles. The molecular weight excluding hydrogens is 378 g/mol. The van der Waals surface area contributed by atoms with Gasteiger partial charge in [0.2, 0.25) is 11.7 Å². The van der Waals surface area contributed by atoms with Crippen LogP contribution in [0.15, 0.2) is 33.6 Å². The normalized spacial score (nSPS) is 14.9. The summed E-state index contributed by atoms with van der Waals surface area (Å²) in [5.74, 6) is 1.77. The molecule has 0 saturated heterocycles. The third-order valence-corrected chi connectivity index (χ3v) is 5.04. The van der Waals surface area contributed by atoms with Gasteiger partial charge in [0.05, 0.1) is 17.8 Å². The lowest BCUT2D eigenvalue weighted by atomic mass is 9.95. The Balaban J connectivity index is 1.50. The summed E-state index contributed by atoms with van der Waals surface area (Å²) in [6.07, 6.45) is 0.723. The molecule has 0 radical (unpaired) electrons. The fourth-order valence-electron chi connectivity index (χ4n) is 3.20. The van der Waals surface area contributed by atoms with Crippen LogP contribution < -0.4 is 5.56 Å². The maximum absolute atomic E-state index is 12.6. The SMILES string of the molecule is CC(C)(C)c1nc2c(c(=O)[nH]1)CN(Cc1nc(-c3ccc(Cl)cc3)no1)CC2. The van der Waals surface area contributed by atoms with Crippen molar-refractivity contribution in [2.45, 2.75) is 45.7 Å². The third-order valence-electron chi connectivity index (χ3n) is 4.79. The van der Waals surface area contributed by atoms with Gasteiger partial charge in [-0.1, -0.05) is 37.5 Å². The van der Waals surface area contributed by atoms with E-state index < -0.39 is 0 Å². The molecule has 7 nitrogen and oxygen atoms in total. The molecule has 3 aromatic rings. The first kappa shape index (κ1) is 18.8. The van der Waals surface area contributed by atoms with E-state index in [4.69, 9.17) is 21.1 Å². The second-order valence-electron chi connectivity index (χ2n) is 8.07. The first-order valence-corrected chi connectivity index (χ1v) is 9.61. The Morgan fingerprint density at radius 2 is 1.96 bits per heavy atom. The lowest BCUT2D eigenvalue weighted by molar-refractivity contribution is 0.207. The first-order valence-electron chi connectivity index (χ1n) is 9.23. The van der Waals surface area contributed by atoms with E-state index in [1.54, 1.807) is 12.1 Å². The van der Waals surface area contributed by atoms with Crippen LogP contribution in [0, 0.1) is 0 Å². The number of rotatable bonds is 3. The van der Waals surface area contributed by atoms with E-state index in [0.29, 0.717) is 29.8 Å². The number of nitrogens with zero attached hydrogens (tertiary/aromatic N) is 4. The Morgan fingerprint density at radius 1 is 1.21 bits per heavy atom. The molecule has 1 aliphatic rings. The van der Waals surface area contributed by atoms with Crippen molar-refractivity contribution in [3.8, 4) is 11.4 Å². The molecule has 1 aromatic carbocycles. The zero-order valence-corrected chi connectivity index (χ0v) is 16.9. The van der Waals surface area contributed by atoms with Gasteiger partial charge in [-0.25, -0.2) is 4.98 Å². The summed E-state index contributed by atoms with van der Waals surface area (Å²) in [6, 6.07) is 7.29. The van der Waals surface area contributed by atoms with Crippen molar-refractivity contribution in [3.05, 3.63) is 62.6 Å². The Hall–Kier alpha value is -2.51. The van der Waals surface area contributed by atoms with Gasteiger partial charge in [0.1, 0.15) is 5.82 Å². The zero-order valence-electron chi connectivity index (χ0n) is 16.1. The maximum Gasteiger partial charge on any atom is 0.255 e. The molecule has 0 bridgehead atoms. The highest BCUT2D eigenvalue weighted by Gasteiger charge is 2.25. The van der Waals surface area contributed by atoms with E-state index in [1.165, 1.54) is 0 Å². The van der Waals surface area contributed by atoms with E-state index in [0.717, 1.165) is 35.6 Å². The Bertz CT molecular complexity index is 1050. The van der Waals surface area contributed by atoms with Gasteiger partial charge in [0.25, 0.3) is 5.56 Å². The van der Waals surface area contributed by atoms with Crippen molar-refractivity contribution >= 4 is 11.6 Å². The number of hydrogen-bond donors (Lipinski definition) is 1. The summed E-state index contributed by atoms with van der Waals surface area (Å²) >= 11 is 5.92. The minimum absolute atomic E-state index is 0.0630. The quantitative estimate of drug-likeness (QED) is 0.726. The lowest BCUT2D eigenvalue weighted by Gasteiger charge is -2.27. The number of halogens is 1. The highest BCUT2D eigenvalue weighted by Crippen LogP contribution is 2.22. The van der Waals surface area contributed by atoms with Crippen molar-refractivity contribution in [2.75, 3.05) is 6.54 Å². The van der Waals surface area contributed by atoms with Crippen LogP contribution in [-0.4, -0.2) is 31.6 Å². The lowest BCUT2D eigenvalue weighted by Crippen LogP contribution is -2.37. The first-order chi connectivity index (χ1) is 13.3. The van der Waals surface area contributed by atoms with Crippen molar-refractivity contribution in [1.82, 2.24) is 25.0 Å². The number of fused-ring (bicyclic) bond motifs is 1. The average Bonchev–Trinajstić information content (AvgIpc) is 3.10. The van der Waals surface area contributed by atoms with E-state index >= 15 is 0 Å². The highest BCUT2D eigenvalue weighted by atomic mass is 35.5. The van der Waals surface area contributed by atoms with Crippen LogP contribution in [0.3, 0.4) is 0 Å². The largest absolute Gasteiger partial charge is 0.338 e. The summed E-state index contributed by atoms with van der Waals surface area (Å²) in [6.45, 7) is 7.91. The van der Waals surface area contributed by atoms with Crippen LogP contribution in [0.1, 0.15) is 43.7 Å². The van der Waals surface area contributed by atoms with Gasteiger partial charge in [0.15, 0.2) is 0 Å². The molecule has 4 rings (SSSR count). The van der Waals surface area contributed by atoms with Gasteiger partial charge in [0, 0.05) is 35.5 Å². The number of nitrogens with one attached hydrogen (secondary N) is 1. The van der Waals surface area contributed by atoms with Crippen molar-refractivity contribution < 1.29 is 4.52 Å². The molecule has 146 valence electrons. The molecule has 3 heterocycles. The minimum Gasteiger partial charge on any atom is -0.338 e. The molecule has 0 fully saturated rings. The van der Waals surface area contributed by atoms with Gasteiger partial charge in [-0.05, 0) is 24.3 Å². The van der Waals surface area contributed by atoms with Gasteiger partial charge in [-0.15, -0.1) is 0 Å². The van der Waals surface area contributed by atoms with Crippen LogP contribution in [0.2, 0.25) is 5.02 Å². The molecule has 2 aromatic heterocycles. The standard InChI is InChI=1S/C20H22ClN5O2/c1-20(2,3)19-22-15-8-9-26(10-14(15)18(27)24-19)11-16-23-17(25-28-16)12-4-6-13(21)7-5-12/h4-7H,8-11H2,1-3H3,(H,22,24,27). The molecule has 0 spiro atoms. The molecule has 28 heavy (non-hydrogen) atoms. The van der Waals surface area contributed by atoms with Crippen molar-refractivity contribution in [1.29, 1.82) is 0 Å². The number of H-pyrrole nitrogens is 1. The molecule has 0 amide bonds. The molecule has 0 aliphatic carbocycles. The Kier molecular flexibility index (Phi) is 4.81. The van der Waals surface area contributed by atoms with E-state index in [1.807, 2.05) is 32.9 Å². The number of benzene rings is 1. The molecule has 1 N–H and O–H groups in total. The van der Waals surface area contributed by atoms with Crippen LogP contribution in [0.5, 0.6) is 0 Å². The summed E-state index contributed by atoms with van der Waals surface area (Å²) in [4.78, 5) is 26.8. The van der Waals surface area contributed by atoms with Crippen molar-refractivity contribution in [3.63, 3.8) is 0 Å². The average molecular weight is 400 g/mol. The Labute approximate surface area is 167 Å². The van der Waals surface area contributed by atoms with Crippen LogP contribution >= 0.6 is 11.6 Å². The van der Waals surface area contributed by atoms with E-state index in [-0.39, 0.29) is 11.0 Å². The zero-order chi connectivity index (χ0) is 19.9. The summed E-state index contributed by atoms with van der Waals surface area (Å²) < 4.78 is 5.40. The predicted molar refractivity (Wildman–Crippen MR) is 106 cm³/mol. The van der Waals surface area contributed by atoms with Gasteiger partial charge >= 0.3 is 0 Å². The Morgan fingerprint density at radius 3 is 2.68 bits per heavy atom. The van der Waals surface area contributed by atoms with E-state index in [2.05, 4.69) is 20.0 Å². The summed E-state index contributed by atoms with van der Waals surface area (Å²) in [7, 11) is 0. The number of hydrogen-bond acceptors (Lipinski definition) is 6. The molecule has 1 aliphatic heterocycles. The molecular formula is C20H22ClN5O2. The third kappa shape index (κ3) is 3.86. The topological polar surface area (TPSA) is 87.9 Å². The number of aromatic nitrogens is 4. The van der Waals surface area contributed by atoms with Crippen LogP contribution in [0.25, 0.3) is 11.4 Å². The second-order valence-corrected chi connectivity index (χ2v) is 8.51. The maximum atomic E-state index is 12.6. The van der Waals surface area contributed by atoms with Gasteiger partial charge in [-0.2, -0.15) is 4.98 Å². The van der Waals surface area contributed by atoms with Gasteiger partial charge < -0.3 is 9.51 Å². The predicted octanol–water partition coefficient (Wildman–Crippen LogP) is 3.33. The fourth-order valence-corrected chi connectivity index (χ4v) is 3.32. The van der Waals surface area contributed by atoms with Crippen LogP contribution in [0.4, 0.5) is 0 Å². The van der Waals surface area contributed by atoms with Gasteiger partial charge in [-0.3, -0.25) is 9.69 Å². The smallest absolute Gasteiger partial charge is 0.255 e. The summed E-state index contributed by atoms with van der Waals surface area (Å²) in [5, 5.41) is 4.71. The molecule has 8 heteroatoms. The number of aromatic amines is 1. The highest BCUT2D eigenvalue weighted by molar-refractivity contribution is 6.30. The summed E-state index contributed by atoms with van der Waals surface area (Å²) in [5.41, 5.74) is 2.20. The van der Waals surface area contributed by atoms with E-state index in [9.17, 15) is 4.79 Å². The van der Waals surface area contributed by atoms with Crippen molar-refractivity contribution in [2.24, 2.45) is 0 Å².